The number of hydrogen-bond acceptors (Lipinski definition) is 4. The van der Waals surface area contributed by atoms with Gasteiger partial charge in [-0.25, -0.2) is 0 Å². The second-order valence-electron chi connectivity index (χ2n) is 5.54. The monoisotopic (exact) mass is 286 g/mol. The van der Waals surface area contributed by atoms with Crippen molar-refractivity contribution in [1.29, 1.82) is 0 Å². The molecule has 4 heteroatoms. The van der Waals surface area contributed by atoms with Crippen molar-refractivity contribution in [2.24, 2.45) is 0 Å². The number of carbonyl (C=O) groups is 1. The van der Waals surface area contributed by atoms with Crippen LogP contribution in [0.4, 0.5) is 0 Å². The molecule has 0 aliphatic carbocycles. The first-order valence-electron chi connectivity index (χ1n) is 8.18. The summed E-state index contributed by atoms with van der Waals surface area (Å²) in [6.07, 6.45) is 11.8. The van der Waals surface area contributed by atoms with Crippen molar-refractivity contribution in [1.82, 2.24) is 0 Å². The van der Waals surface area contributed by atoms with Gasteiger partial charge >= 0.3 is 5.97 Å². The molecule has 1 unspecified atom stereocenters. The Morgan fingerprint density at radius 1 is 1.05 bits per heavy atom. The van der Waals surface area contributed by atoms with Crippen LogP contribution in [-0.2, 0) is 19.0 Å². The maximum Gasteiger partial charge on any atom is 0.305 e. The fraction of sp³-hybridized carbons (Fsp3) is 0.938. The van der Waals surface area contributed by atoms with Gasteiger partial charge in [-0.2, -0.15) is 0 Å². The Morgan fingerprint density at radius 3 is 2.30 bits per heavy atom. The van der Waals surface area contributed by atoms with Crippen molar-refractivity contribution in [3.8, 4) is 0 Å². The molecule has 1 atom stereocenters. The molecule has 0 aromatic rings. The van der Waals surface area contributed by atoms with Gasteiger partial charge in [0.2, 0.25) is 0 Å². The van der Waals surface area contributed by atoms with Crippen molar-refractivity contribution in [2.45, 2.75) is 77.2 Å². The van der Waals surface area contributed by atoms with Crippen LogP contribution < -0.4 is 0 Å². The van der Waals surface area contributed by atoms with Crippen LogP contribution in [0.15, 0.2) is 0 Å². The number of rotatable bonds is 12. The van der Waals surface area contributed by atoms with Gasteiger partial charge in [0.25, 0.3) is 0 Å². The second-order valence-corrected chi connectivity index (χ2v) is 5.54. The Hall–Kier alpha value is -0.610. The first-order chi connectivity index (χ1) is 9.83. The molecular formula is C16H30O4. The molecule has 4 nitrogen and oxygen atoms in total. The average Bonchev–Trinajstić information content (AvgIpc) is 2.96. The van der Waals surface area contributed by atoms with Crippen LogP contribution in [0, 0.1) is 0 Å². The van der Waals surface area contributed by atoms with Gasteiger partial charge in [0.1, 0.15) is 19.5 Å². The van der Waals surface area contributed by atoms with Gasteiger partial charge in [0.05, 0.1) is 6.61 Å². The highest BCUT2D eigenvalue weighted by Gasteiger charge is 2.17. The summed E-state index contributed by atoms with van der Waals surface area (Å²) < 4.78 is 15.4. The minimum atomic E-state index is -0.108. The van der Waals surface area contributed by atoms with Crippen LogP contribution in [0.2, 0.25) is 0 Å². The summed E-state index contributed by atoms with van der Waals surface area (Å²) in [6.45, 7) is 3.42. The van der Waals surface area contributed by atoms with E-state index in [4.69, 9.17) is 14.2 Å². The van der Waals surface area contributed by atoms with Gasteiger partial charge in [-0.3, -0.25) is 4.79 Å². The number of esters is 1. The van der Waals surface area contributed by atoms with Crippen molar-refractivity contribution >= 4 is 5.97 Å². The summed E-state index contributed by atoms with van der Waals surface area (Å²) in [4.78, 5) is 11.5. The molecule has 118 valence electrons. The minimum Gasteiger partial charge on any atom is -0.463 e. The Bertz CT molecular complexity index is 237. The third-order valence-corrected chi connectivity index (χ3v) is 3.61. The molecule has 0 spiro atoms. The van der Waals surface area contributed by atoms with E-state index in [9.17, 15) is 4.79 Å². The van der Waals surface area contributed by atoms with Gasteiger partial charge in [-0.1, -0.05) is 58.3 Å². The molecule has 1 aliphatic heterocycles. The van der Waals surface area contributed by atoms with Crippen LogP contribution in [0.1, 0.15) is 71.1 Å². The topological polar surface area (TPSA) is 44.8 Å². The molecule has 1 heterocycles. The molecule has 0 saturated carbocycles. The third-order valence-electron chi connectivity index (χ3n) is 3.61. The smallest absolute Gasteiger partial charge is 0.305 e. The lowest BCUT2D eigenvalue weighted by Crippen LogP contribution is -2.20. The van der Waals surface area contributed by atoms with Crippen molar-refractivity contribution in [2.75, 3.05) is 20.0 Å². The van der Waals surface area contributed by atoms with Gasteiger partial charge < -0.3 is 14.2 Å². The summed E-state index contributed by atoms with van der Waals surface area (Å²) in [6, 6.07) is 0. The largest absolute Gasteiger partial charge is 0.463 e. The molecule has 1 rings (SSSR count). The lowest BCUT2D eigenvalue weighted by Gasteiger charge is -2.08. The molecule has 0 bridgehead atoms. The Morgan fingerprint density at radius 2 is 1.70 bits per heavy atom. The molecule has 1 fully saturated rings. The van der Waals surface area contributed by atoms with Gasteiger partial charge in [0, 0.05) is 6.42 Å². The summed E-state index contributed by atoms with van der Waals surface area (Å²) in [7, 11) is 0. The van der Waals surface area contributed by atoms with Crippen LogP contribution in [0.5, 0.6) is 0 Å². The lowest BCUT2D eigenvalue weighted by molar-refractivity contribution is -0.146. The number of carbonyl (C=O) groups excluding carboxylic acids is 1. The summed E-state index contributed by atoms with van der Waals surface area (Å²) >= 11 is 0. The highest BCUT2D eigenvalue weighted by molar-refractivity contribution is 5.69. The zero-order chi connectivity index (χ0) is 14.5. The van der Waals surface area contributed by atoms with E-state index < -0.39 is 0 Å². The zero-order valence-corrected chi connectivity index (χ0v) is 12.9. The number of hydrogen-bond donors (Lipinski definition) is 0. The quantitative estimate of drug-likeness (QED) is 0.404. The SMILES string of the molecule is CCCCCCCCCCCC(=O)OCC1COCO1. The van der Waals surface area contributed by atoms with Gasteiger partial charge in [0.15, 0.2) is 0 Å². The normalized spacial score (nSPS) is 18.4. The van der Waals surface area contributed by atoms with E-state index in [-0.39, 0.29) is 12.1 Å². The van der Waals surface area contributed by atoms with E-state index in [1.807, 2.05) is 0 Å². The van der Waals surface area contributed by atoms with E-state index in [1.54, 1.807) is 0 Å². The average molecular weight is 286 g/mol. The number of ether oxygens (including phenoxy) is 3. The second kappa shape index (κ2) is 12.2. The first-order valence-corrected chi connectivity index (χ1v) is 8.18. The molecule has 0 amide bonds. The third kappa shape index (κ3) is 9.32. The maximum absolute atomic E-state index is 11.5. The van der Waals surface area contributed by atoms with E-state index in [2.05, 4.69) is 6.92 Å². The number of unbranched alkanes of at least 4 members (excludes halogenated alkanes) is 8. The van der Waals surface area contributed by atoms with Crippen molar-refractivity contribution in [3.05, 3.63) is 0 Å². The Labute approximate surface area is 123 Å². The van der Waals surface area contributed by atoms with Crippen LogP contribution in [0.3, 0.4) is 0 Å². The van der Waals surface area contributed by atoms with Crippen molar-refractivity contribution in [3.63, 3.8) is 0 Å². The summed E-state index contributed by atoms with van der Waals surface area (Å²) in [5, 5.41) is 0. The van der Waals surface area contributed by atoms with Crippen LogP contribution >= 0.6 is 0 Å². The zero-order valence-electron chi connectivity index (χ0n) is 12.9. The maximum atomic E-state index is 11.5. The van der Waals surface area contributed by atoms with Gasteiger partial charge in [-0.05, 0) is 6.42 Å². The summed E-state index contributed by atoms with van der Waals surface area (Å²) in [5.74, 6) is -0.108. The molecule has 0 aromatic carbocycles. The fourth-order valence-corrected chi connectivity index (χ4v) is 2.31. The minimum absolute atomic E-state index is 0.0675. The summed E-state index contributed by atoms with van der Waals surface area (Å²) in [5.41, 5.74) is 0. The lowest BCUT2D eigenvalue weighted by atomic mass is 10.1. The standard InChI is InChI=1S/C16H30O4/c1-2-3-4-5-6-7-8-9-10-11-16(17)19-13-15-12-18-14-20-15/h15H,2-14H2,1H3. The molecular weight excluding hydrogens is 256 g/mol. The van der Waals surface area contributed by atoms with Crippen molar-refractivity contribution < 1.29 is 19.0 Å². The molecule has 1 saturated heterocycles. The predicted octanol–water partition coefficient (Wildman–Crippen LogP) is 3.82. The first kappa shape index (κ1) is 17.4. The predicted molar refractivity (Wildman–Crippen MR) is 78.5 cm³/mol. The van der Waals surface area contributed by atoms with E-state index in [0.717, 1.165) is 12.8 Å². The Balaban J connectivity index is 1.79. The highest BCUT2D eigenvalue weighted by atomic mass is 16.7. The fourth-order valence-electron chi connectivity index (χ4n) is 2.31. The van der Waals surface area contributed by atoms with Crippen LogP contribution in [0.25, 0.3) is 0 Å². The van der Waals surface area contributed by atoms with Crippen LogP contribution in [-0.4, -0.2) is 32.1 Å². The highest BCUT2D eigenvalue weighted by Crippen LogP contribution is 2.11. The molecule has 1 aliphatic rings. The van der Waals surface area contributed by atoms with Gasteiger partial charge in [-0.15, -0.1) is 0 Å². The van der Waals surface area contributed by atoms with E-state index in [0.29, 0.717) is 26.4 Å². The van der Waals surface area contributed by atoms with E-state index >= 15 is 0 Å². The molecule has 0 aromatic heterocycles. The molecule has 0 N–H and O–H groups in total. The molecule has 0 radical (unpaired) electrons. The molecule has 20 heavy (non-hydrogen) atoms. The van der Waals surface area contributed by atoms with E-state index in [1.165, 1.54) is 44.9 Å². The Kier molecular flexibility index (Phi) is 10.6.